The minimum atomic E-state index is -1.18. The third kappa shape index (κ3) is 6.97. The molecule has 0 saturated heterocycles. The van der Waals surface area contributed by atoms with Crippen LogP contribution in [-0.4, -0.2) is 59.0 Å². The molecule has 1 aliphatic rings. The van der Waals surface area contributed by atoms with Crippen molar-refractivity contribution in [2.75, 3.05) is 13.2 Å². The molecule has 8 heteroatoms. The fourth-order valence-corrected chi connectivity index (χ4v) is 2.30. The highest BCUT2D eigenvalue weighted by Crippen LogP contribution is 2.27. The van der Waals surface area contributed by atoms with E-state index < -0.39 is 30.3 Å². The average molecular weight is 342 g/mol. The molecule has 0 unspecified atom stereocenters. The standard InChI is InChI=1S/C16H26N2O6/c1-3-5-6-13(19)17-12(9-14(20)21)16(23)18(11-7-8-11)10-15(22)24-4-2/h11-12H,3-10H2,1-2H3,(H,17,19)(H,20,21)/t12-/m0/s1. The van der Waals surface area contributed by atoms with Gasteiger partial charge in [-0.1, -0.05) is 13.3 Å². The second-order valence-corrected chi connectivity index (χ2v) is 5.82. The fraction of sp³-hybridized carbons (Fsp3) is 0.750. The number of ether oxygens (including phenoxy) is 1. The molecule has 24 heavy (non-hydrogen) atoms. The summed E-state index contributed by atoms with van der Waals surface area (Å²) in [6.45, 7) is 3.58. The largest absolute Gasteiger partial charge is 0.481 e. The van der Waals surface area contributed by atoms with Crippen LogP contribution >= 0.6 is 0 Å². The van der Waals surface area contributed by atoms with Gasteiger partial charge in [0.2, 0.25) is 11.8 Å². The Balaban J connectivity index is 2.76. The topological polar surface area (TPSA) is 113 Å². The summed E-state index contributed by atoms with van der Waals surface area (Å²) in [5.74, 6) is -2.62. The molecular formula is C16H26N2O6. The van der Waals surface area contributed by atoms with Crippen molar-refractivity contribution in [3.63, 3.8) is 0 Å². The van der Waals surface area contributed by atoms with Crippen molar-refractivity contribution in [1.29, 1.82) is 0 Å². The number of esters is 1. The van der Waals surface area contributed by atoms with Crippen LogP contribution in [0.15, 0.2) is 0 Å². The molecule has 0 bridgehead atoms. The molecule has 0 aromatic rings. The van der Waals surface area contributed by atoms with E-state index in [4.69, 9.17) is 9.84 Å². The molecule has 0 spiro atoms. The third-order valence-corrected chi connectivity index (χ3v) is 3.64. The lowest BCUT2D eigenvalue weighted by atomic mass is 10.1. The Labute approximate surface area is 141 Å². The number of aliphatic carboxylic acids is 1. The van der Waals surface area contributed by atoms with E-state index in [1.165, 1.54) is 4.90 Å². The number of nitrogens with one attached hydrogen (secondary N) is 1. The molecule has 2 N–H and O–H groups in total. The number of amides is 2. The third-order valence-electron chi connectivity index (χ3n) is 3.64. The van der Waals surface area contributed by atoms with Gasteiger partial charge in [-0.15, -0.1) is 0 Å². The maximum atomic E-state index is 12.6. The van der Waals surface area contributed by atoms with Crippen LogP contribution in [0.3, 0.4) is 0 Å². The van der Waals surface area contributed by atoms with Crippen LogP contribution in [0.1, 0.15) is 52.4 Å². The van der Waals surface area contributed by atoms with Crippen molar-refractivity contribution in [3.8, 4) is 0 Å². The number of hydrogen-bond donors (Lipinski definition) is 2. The van der Waals surface area contributed by atoms with E-state index in [1.807, 2.05) is 6.92 Å². The minimum Gasteiger partial charge on any atom is -0.481 e. The number of carboxylic acid groups (broad SMARTS) is 1. The summed E-state index contributed by atoms with van der Waals surface area (Å²) in [5, 5.41) is 11.5. The highest BCUT2D eigenvalue weighted by atomic mass is 16.5. The first-order valence-electron chi connectivity index (χ1n) is 8.36. The summed E-state index contributed by atoms with van der Waals surface area (Å²) in [5.41, 5.74) is 0. The van der Waals surface area contributed by atoms with Crippen LogP contribution < -0.4 is 5.32 Å². The highest BCUT2D eigenvalue weighted by Gasteiger charge is 2.38. The van der Waals surface area contributed by atoms with Gasteiger partial charge in [-0.25, -0.2) is 0 Å². The summed E-state index contributed by atoms with van der Waals surface area (Å²) in [7, 11) is 0. The molecule has 0 aliphatic heterocycles. The Morgan fingerprint density at radius 1 is 1.25 bits per heavy atom. The van der Waals surface area contributed by atoms with E-state index in [0.717, 1.165) is 19.3 Å². The monoisotopic (exact) mass is 342 g/mol. The maximum Gasteiger partial charge on any atom is 0.325 e. The molecule has 0 aromatic heterocycles. The molecule has 0 radical (unpaired) electrons. The fourth-order valence-electron chi connectivity index (χ4n) is 2.30. The molecule has 1 atom stereocenters. The molecule has 8 nitrogen and oxygen atoms in total. The first-order valence-corrected chi connectivity index (χ1v) is 8.36. The summed E-state index contributed by atoms with van der Waals surface area (Å²) >= 11 is 0. The molecule has 0 aromatic carbocycles. The predicted molar refractivity (Wildman–Crippen MR) is 85.1 cm³/mol. The highest BCUT2D eigenvalue weighted by molar-refractivity contribution is 5.92. The second kappa shape index (κ2) is 9.89. The first-order chi connectivity index (χ1) is 11.4. The van der Waals surface area contributed by atoms with Gasteiger partial charge in [0, 0.05) is 12.5 Å². The quantitative estimate of drug-likeness (QED) is 0.534. The average Bonchev–Trinajstić information content (AvgIpc) is 3.34. The molecule has 1 saturated carbocycles. The molecule has 136 valence electrons. The van der Waals surface area contributed by atoms with Gasteiger partial charge >= 0.3 is 11.9 Å². The molecular weight excluding hydrogens is 316 g/mol. The Bertz CT molecular complexity index is 475. The van der Waals surface area contributed by atoms with Gasteiger partial charge < -0.3 is 20.1 Å². The maximum absolute atomic E-state index is 12.6. The van der Waals surface area contributed by atoms with Crippen molar-refractivity contribution < 1.29 is 29.0 Å². The summed E-state index contributed by atoms with van der Waals surface area (Å²) in [6, 6.07) is -1.26. The summed E-state index contributed by atoms with van der Waals surface area (Å²) < 4.78 is 4.86. The summed E-state index contributed by atoms with van der Waals surface area (Å²) in [4.78, 5) is 48.5. The Kier molecular flexibility index (Phi) is 8.21. The Morgan fingerprint density at radius 2 is 1.92 bits per heavy atom. The molecule has 2 amide bonds. The van der Waals surface area contributed by atoms with E-state index in [-0.39, 0.29) is 31.5 Å². The molecule has 1 aliphatic carbocycles. The van der Waals surface area contributed by atoms with Crippen molar-refractivity contribution in [3.05, 3.63) is 0 Å². The Hall–Kier alpha value is -2.12. The number of nitrogens with zero attached hydrogens (tertiary/aromatic N) is 1. The van der Waals surface area contributed by atoms with Gasteiger partial charge in [0.25, 0.3) is 0 Å². The van der Waals surface area contributed by atoms with Crippen LogP contribution in [0.4, 0.5) is 0 Å². The van der Waals surface area contributed by atoms with Crippen LogP contribution in [0.5, 0.6) is 0 Å². The van der Waals surface area contributed by atoms with Crippen molar-refractivity contribution in [2.24, 2.45) is 0 Å². The second-order valence-electron chi connectivity index (χ2n) is 5.82. The molecule has 0 heterocycles. The zero-order valence-corrected chi connectivity index (χ0v) is 14.2. The van der Waals surface area contributed by atoms with Crippen LogP contribution in [0, 0.1) is 0 Å². The lowest BCUT2D eigenvalue weighted by Crippen LogP contribution is -2.51. The number of carbonyl (C=O) groups is 4. The number of carboxylic acids is 1. The lowest BCUT2D eigenvalue weighted by Gasteiger charge is -2.26. The van der Waals surface area contributed by atoms with Crippen LogP contribution in [-0.2, 0) is 23.9 Å². The molecule has 1 fully saturated rings. The van der Waals surface area contributed by atoms with Crippen molar-refractivity contribution in [2.45, 2.75) is 64.5 Å². The lowest BCUT2D eigenvalue weighted by molar-refractivity contribution is -0.151. The smallest absolute Gasteiger partial charge is 0.325 e. The summed E-state index contributed by atoms with van der Waals surface area (Å²) in [6.07, 6.45) is 2.73. The normalized spacial score (nSPS) is 14.6. The van der Waals surface area contributed by atoms with E-state index in [2.05, 4.69) is 5.32 Å². The van der Waals surface area contributed by atoms with Gasteiger partial charge in [-0.05, 0) is 26.2 Å². The van der Waals surface area contributed by atoms with E-state index in [1.54, 1.807) is 6.92 Å². The SMILES string of the molecule is CCCCC(=O)N[C@@H](CC(=O)O)C(=O)N(CC(=O)OCC)C1CC1. The Morgan fingerprint density at radius 3 is 2.42 bits per heavy atom. The minimum absolute atomic E-state index is 0.0919. The van der Waals surface area contributed by atoms with Gasteiger partial charge in [0.15, 0.2) is 0 Å². The number of unbranched alkanes of at least 4 members (excludes halogenated alkanes) is 1. The van der Waals surface area contributed by atoms with Gasteiger partial charge in [0.05, 0.1) is 13.0 Å². The van der Waals surface area contributed by atoms with Crippen LogP contribution in [0.2, 0.25) is 0 Å². The van der Waals surface area contributed by atoms with Gasteiger partial charge in [-0.3, -0.25) is 19.2 Å². The predicted octanol–water partition coefficient (Wildman–Crippen LogP) is 0.690. The van der Waals surface area contributed by atoms with E-state index in [9.17, 15) is 19.2 Å². The van der Waals surface area contributed by atoms with Gasteiger partial charge in [-0.2, -0.15) is 0 Å². The number of rotatable bonds is 11. The molecule has 1 rings (SSSR count). The van der Waals surface area contributed by atoms with Crippen molar-refractivity contribution >= 4 is 23.8 Å². The number of hydrogen-bond acceptors (Lipinski definition) is 5. The van der Waals surface area contributed by atoms with E-state index in [0.29, 0.717) is 6.42 Å². The first kappa shape index (κ1) is 19.9. The zero-order chi connectivity index (χ0) is 18.1. The van der Waals surface area contributed by atoms with Crippen molar-refractivity contribution in [1.82, 2.24) is 10.2 Å². The van der Waals surface area contributed by atoms with Crippen LogP contribution in [0.25, 0.3) is 0 Å². The number of carbonyl (C=O) groups excluding carboxylic acids is 3. The van der Waals surface area contributed by atoms with Gasteiger partial charge in [0.1, 0.15) is 12.6 Å². The zero-order valence-electron chi connectivity index (χ0n) is 14.2. The van der Waals surface area contributed by atoms with E-state index >= 15 is 0 Å².